The molecule has 196 valence electrons. The molecule has 8 nitrogen and oxygen atoms in total. The highest BCUT2D eigenvalue weighted by atomic mass is 19.4. The Morgan fingerprint density at radius 2 is 1.76 bits per heavy atom. The van der Waals surface area contributed by atoms with Crippen molar-refractivity contribution in [3.63, 3.8) is 0 Å². The number of carbonyl (C=O) groups is 1. The fourth-order valence-corrected chi connectivity index (χ4v) is 5.76. The van der Waals surface area contributed by atoms with Gasteiger partial charge in [-0.25, -0.2) is 4.98 Å². The lowest BCUT2D eigenvalue weighted by atomic mass is 9.71. The highest BCUT2D eigenvalue weighted by Crippen LogP contribution is 2.68. The minimum absolute atomic E-state index is 0.187. The monoisotopic (exact) mass is 525 g/mol. The van der Waals surface area contributed by atoms with Crippen molar-refractivity contribution >= 4 is 5.91 Å². The number of aromatic nitrogens is 1. The number of halogens is 3. The molecule has 2 heterocycles. The zero-order chi connectivity index (χ0) is 27.6. The van der Waals surface area contributed by atoms with E-state index in [4.69, 9.17) is 4.74 Å². The quantitative estimate of drug-likeness (QED) is 0.480. The number of aromatic hydroxyl groups is 1. The van der Waals surface area contributed by atoms with Crippen molar-refractivity contribution in [3.8, 4) is 17.6 Å². The van der Waals surface area contributed by atoms with E-state index in [1.807, 2.05) is 6.07 Å². The lowest BCUT2D eigenvalue weighted by molar-refractivity contribution is -0.159. The van der Waals surface area contributed by atoms with Crippen LogP contribution in [0.1, 0.15) is 34.0 Å². The third kappa shape index (κ3) is 3.30. The first-order chi connectivity index (χ1) is 17.9. The van der Waals surface area contributed by atoms with Crippen molar-refractivity contribution in [2.75, 3.05) is 14.1 Å². The first-order valence-electron chi connectivity index (χ1n) is 11.6. The third-order valence-electron chi connectivity index (χ3n) is 7.33. The predicted octanol–water partition coefficient (Wildman–Crippen LogP) is 3.02. The van der Waals surface area contributed by atoms with Crippen molar-refractivity contribution in [2.24, 2.45) is 5.92 Å². The van der Waals surface area contributed by atoms with Crippen LogP contribution in [0.3, 0.4) is 0 Å². The molecule has 1 aliphatic heterocycles. The molecule has 1 saturated carbocycles. The van der Waals surface area contributed by atoms with Crippen molar-refractivity contribution in [2.45, 2.75) is 29.4 Å². The number of alkyl halides is 3. The Kier molecular flexibility index (Phi) is 5.67. The van der Waals surface area contributed by atoms with Crippen LogP contribution in [0, 0.1) is 17.2 Å². The Morgan fingerprint density at radius 3 is 2.32 bits per heavy atom. The van der Waals surface area contributed by atoms with Crippen molar-refractivity contribution in [1.82, 2.24) is 9.88 Å². The smallest absolute Gasteiger partial charge is 0.437 e. The van der Waals surface area contributed by atoms with E-state index in [1.165, 1.54) is 43.3 Å². The van der Waals surface area contributed by atoms with Crippen LogP contribution < -0.4 is 4.74 Å². The Morgan fingerprint density at radius 1 is 1.13 bits per heavy atom. The van der Waals surface area contributed by atoms with Crippen LogP contribution in [0.15, 0.2) is 60.7 Å². The first kappa shape index (κ1) is 25.5. The maximum atomic E-state index is 13.7. The fraction of sp³-hybridized carbons (Fsp3) is 0.296. The maximum absolute atomic E-state index is 13.7. The summed E-state index contributed by atoms with van der Waals surface area (Å²) in [5.74, 6) is -4.69. The fourth-order valence-electron chi connectivity index (χ4n) is 5.76. The lowest BCUT2D eigenvalue weighted by Gasteiger charge is -2.40. The van der Waals surface area contributed by atoms with Gasteiger partial charge in [-0.15, -0.1) is 0 Å². The predicted molar refractivity (Wildman–Crippen MR) is 126 cm³/mol. The molecular formula is C27H22F3N3O5. The zero-order valence-corrected chi connectivity index (χ0v) is 20.1. The molecule has 0 spiro atoms. The Balaban J connectivity index is 1.88. The van der Waals surface area contributed by atoms with E-state index in [-0.39, 0.29) is 16.9 Å². The minimum Gasteiger partial charge on any atom is -0.506 e. The average molecular weight is 525 g/mol. The molecule has 1 unspecified atom stereocenters. The van der Waals surface area contributed by atoms with Gasteiger partial charge in [0, 0.05) is 26.1 Å². The lowest BCUT2D eigenvalue weighted by Crippen LogP contribution is -2.52. The number of carbonyl (C=O) groups excluding carboxylic acids is 1. The summed E-state index contributed by atoms with van der Waals surface area (Å²) in [6.45, 7) is 0. The number of nitriles is 1. The van der Waals surface area contributed by atoms with Crippen LogP contribution in [0.4, 0.5) is 13.2 Å². The van der Waals surface area contributed by atoms with E-state index in [0.29, 0.717) is 11.6 Å². The van der Waals surface area contributed by atoms with Crippen molar-refractivity contribution < 1.29 is 38.0 Å². The molecule has 1 aliphatic carbocycles. The van der Waals surface area contributed by atoms with Gasteiger partial charge in [-0.1, -0.05) is 42.5 Å². The topological polar surface area (TPSA) is 127 Å². The summed E-state index contributed by atoms with van der Waals surface area (Å²) in [5.41, 5.74) is -6.16. The molecule has 1 amide bonds. The molecule has 3 aromatic rings. The molecule has 11 heteroatoms. The Bertz CT molecular complexity index is 1460. The summed E-state index contributed by atoms with van der Waals surface area (Å²) in [6.07, 6.45) is -7.06. The minimum atomic E-state index is -5.09. The molecule has 2 aromatic carbocycles. The molecule has 0 radical (unpaired) electrons. The molecule has 1 fully saturated rings. The number of amides is 1. The van der Waals surface area contributed by atoms with Crippen molar-refractivity contribution in [3.05, 3.63) is 88.7 Å². The second kappa shape index (κ2) is 8.44. The molecule has 3 N–H and O–H groups in total. The Labute approximate surface area is 215 Å². The number of ether oxygens (including phenoxy) is 1. The van der Waals surface area contributed by atoms with Gasteiger partial charge in [0.2, 0.25) is 5.91 Å². The number of hydrogen-bond donors (Lipinski definition) is 3. The van der Waals surface area contributed by atoms with Gasteiger partial charge >= 0.3 is 6.18 Å². The largest absolute Gasteiger partial charge is 0.506 e. The number of benzene rings is 2. The number of pyridine rings is 1. The molecule has 2 aliphatic rings. The zero-order valence-electron chi connectivity index (χ0n) is 20.1. The van der Waals surface area contributed by atoms with Gasteiger partial charge in [-0.2, -0.15) is 18.4 Å². The van der Waals surface area contributed by atoms with Gasteiger partial charge in [-0.05, 0) is 23.3 Å². The van der Waals surface area contributed by atoms with Crippen LogP contribution >= 0.6 is 0 Å². The van der Waals surface area contributed by atoms with E-state index < -0.39 is 58.4 Å². The number of aliphatic hydroxyl groups excluding tert-OH is 1. The summed E-state index contributed by atoms with van der Waals surface area (Å²) in [4.78, 5) is 18.3. The van der Waals surface area contributed by atoms with Crippen LogP contribution in [0.5, 0.6) is 11.5 Å². The van der Waals surface area contributed by atoms with Gasteiger partial charge < -0.3 is 25.0 Å². The molecule has 1 aromatic heterocycles. The van der Waals surface area contributed by atoms with Crippen LogP contribution in [-0.4, -0.2) is 51.3 Å². The second-order valence-electron chi connectivity index (χ2n) is 9.59. The standard InChI is InChI=1S/C27H22F3N3O5/c1-33(2)24(36)19-20(15-6-4-3-5-7-15)26(16-10-8-14(13-31)9-11-16)25(37,23(19)35)22-18(38-26)12-17(34)21(32-22)27(28,29)30/h3-12,19-20,23,34-35,37H,1-2H3/t19-,20-,23-,25?,26+/m1/s1. The van der Waals surface area contributed by atoms with Crippen LogP contribution in [-0.2, 0) is 22.2 Å². The average Bonchev–Trinajstić information content (AvgIpc) is 3.25. The Hall–Kier alpha value is -4.14. The van der Waals surface area contributed by atoms with Crippen LogP contribution in [0.2, 0.25) is 0 Å². The van der Waals surface area contributed by atoms with E-state index in [0.717, 1.165) is 0 Å². The number of aliphatic hydroxyl groups is 2. The first-order valence-corrected chi connectivity index (χ1v) is 11.6. The van der Waals surface area contributed by atoms with Gasteiger partial charge in [-0.3, -0.25) is 4.79 Å². The van der Waals surface area contributed by atoms with E-state index in [1.54, 1.807) is 30.3 Å². The summed E-state index contributed by atoms with van der Waals surface area (Å²) in [7, 11) is 2.91. The summed E-state index contributed by atoms with van der Waals surface area (Å²) in [5, 5.41) is 43.5. The highest BCUT2D eigenvalue weighted by Gasteiger charge is 2.78. The molecule has 5 atom stereocenters. The molecular weight excluding hydrogens is 503 g/mol. The SMILES string of the molecule is CN(C)C(=O)[C@H]1[C@@H](O)C2(O)c3nc(C(F)(F)F)c(O)cc3O[C@@]2(c2ccc(C#N)cc2)[C@@H]1c1ccccc1. The highest BCUT2D eigenvalue weighted by molar-refractivity contribution is 5.82. The third-order valence-corrected chi connectivity index (χ3v) is 7.33. The maximum Gasteiger partial charge on any atom is 0.437 e. The molecule has 38 heavy (non-hydrogen) atoms. The van der Waals surface area contributed by atoms with Gasteiger partial charge in [0.1, 0.15) is 23.3 Å². The van der Waals surface area contributed by atoms with Gasteiger partial charge in [0.05, 0.1) is 17.6 Å². The van der Waals surface area contributed by atoms with E-state index in [2.05, 4.69) is 4.98 Å². The van der Waals surface area contributed by atoms with E-state index in [9.17, 15) is 38.5 Å². The van der Waals surface area contributed by atoms with E-state index >= 15 is 0 Å². The molecule has 0 bridgehead atoms. The summed E-state index contributed by atoms with van der Waals surface area (Å²) in [6, 6.07) is 16.8. The van der Waals surface area contributed by atoms with Gasteiger partial charge in [0.15, 0.2) is 16.9 Å². The molecule has 5 rings (SSSR count). The number of nitrogens with zero attached hydrogens (tertiary/aromatic N) is 3. The summed E-state index contributed by atoms with van der Waals surface area (Å²) >= 11 is 0. The number of fused-ring (bicyclic) bond motifs is 3. The van der Waals surface area contributed by atoms with Crippen LogP contribution in [0.25, 0.3) is 0 Å². The normalized spacial score (nSPS) is 27.7. The number of rotatable bonds is 3. The summed E-state index contributed by atoms with van der Waals surface area (Å²) < 4.78 is 47.5. The molecule has 0 saturated heterocycles. The number of hydrogen-bond acceptors (Lipinski definition) is 7. The second-order valence-corrected chi connectivity index (χ2v) is 9.59. The van der Waals surface area contributed by atoms with Gasteiger partial charge in [0.25, 0.3) is 0 Å². The van der Waals surface area contributed by atoms with Crippen molar-refractivity contribution in [1.29, 1.82) is 5.26 Å².